The number of thiazole rings is 1. The average Bonchev–Trinajstić information content (AvgIpc) is 3.32. The summed E-state index contributed by atoms with van der Waals surface area (Å²) in [7, 11) is 0. The second kappa shape index (κ2) is 10.4. The Balaban J connectivity index is 1.49. The third-order valence-corrected chi connectivity index (χ3v) is 5.86. The van der Waals surface area contributed by atoms with Crippen LogP contribution in [0.4, 0.5) is 5.13 Å². The number of carbonyl (C=O) groups is 1. The van der Waals surface area contributed by atoms with Gasteiger partial charge in [0, 0.05) is 35.3 Å². The number of aryl methyl sites for hydroxylation is 3. The second-order valence-electron chi connectivity index (χ2n) is 7.96. The lowest BCUT2D eigenvalue weighted by Crippen LogP contribution is -2.16. The fraction of sp³-hybridized carbons (Fsp3) is 0.280. The average molecular weight is 462 g/mol. The van der Waals surface area contributed by atoms with E-state index in [0.29, 0.717) is 29.7 Å². The Morgan fingerprint density at radius 3 is 2.58 bits per heavy atom. The molecule has 4 rings (SSSR count). The summed E-state index contributed by atoms with van der Waals surface area (Å²) in [6.07, 6.45) is 2.68. The second-order valence-corrected chi connectivity index (χ2v) is 9.19. The number of anilines is 1. The molecular formula is C25H27N5O2S. The third kappa shape index (κ3) is 6.49. The largest absolute Gasteiger partial charge is 0.493 e. The zero-order valence-electron chi connectivity index (χ0n) is 19.0. The van der Waals surface area contributed by atoms with E-state index in [-0.39, 0.29) is 12.3 Å². The highest BCUT2D eigenvalue weighted by molar-refractivity contribution is 7.15. The van der Waals surface area contributed by atoms with Crippen molar-refractivity contribution in [1.29, 1.82) is 0 Å². The molecular weight excluding hydrogens is 434 g/mol. The molecule has 0 spiro atoms. The summed E-state index contributed by atoms with van der Waals surface area (Å²) in [5, 5.41) is 7.98. The Hall–Kier alpha value is -3.52. The Morgan fingerprint density at radius 2 is 1.88 bits per heavy atom. The number of rotatable bonds is 9. The lowest BCUT2D eigenvalue weighted by Gasteiger charge is -2.12. The number of pyridine rings is 1. The fourth-order valence-electron chi connectivity index (χ4n) is 3.53. The van der Waals surface area contributed by atoms with Gasteiger partial charge in [-0.3, -0.25) is 14.5 Å². The van der Waals surface area contributed by atoms with Crippen molar-refractivity contribution in [3.8, 4) is 5.75 Å². The van der Waals surface area contributed by atoms with Crippen LogP contribution in [0.2, 0.25) is 0 Å². The number of nitrogens with one attached hydrogen (secondary N) is 1. The van der Waals surface area contributed by atoms with Gasteiger partial charge in [-0.25, -0.2) is 4.98 Å². The summed E-state index contributed by atoms with van der Waals surface area (Å²) in [6.45, 7) is 6.99. The van der Waals surface area contributed by atoms with E-state index in [9.17, 15) is 4.79 Å². The predicted octanol–water partition coefficient (Wildman–Crippen LogP) is 4.51. The van der Waals surface area contributed by atoms with E-state index in [0.717, 1.165) is 28.4 Å². The van der Waals surface area contributed by atoms with E-state index in [4.69, 9.17) is 9.72 Å². The van der Waals surface area contributed by atoms with Gasteiger partial charge >= 0.3 is 0 Å². The predicted molar refractivity (Wildman–Crippen MR) is 130 cm³/mol. The molecule has 0 saturated heterocycles. The number of carbonyl (C=O) groups excluding carboxylic acids is 1. The minimum absolute atomic E-state index is 0.138. The van der Waals surface area contributed by atoms with Crippen LogP contribution in [0, 0.1) is 20.8 Å². The molecule has 170 valence electrons. The molecule has 1 amide bonds. The van der Waals surface area contributed by atoms with Gasteiger partial charge in [0.2, 0.25) is 5.91 Å². The highest BCUT2D eigenvalue weighted by Gasteiger charge is 2.12. The first kappa shape index (κ1) is 22.7. The number of benzene rings is 1. The van der Waals surface area contributed by atoms with Gasteiger partial charge in [-0.2, -0.15) is 5.10 Å². The maximum absolute atomic E-state index is 12.6. The monoisotopic (exact) mass is 461 g/mol. The van der Waals surface area contributed by atoms with Crippen molar-refractivity contribution in [2.24, 2.45) is 0 Å². The van der Waals surface area contributed by atoms with Crippen molar-refractivity contribution >= 4 is 22.4 Å². The molecule has 1 aromatic carbocycles. The van der Waals surface area contributed by atoms with Crippen LogP contribution in [0.1, 0.15) is 33.2 Å². The van der Waals surface area contributed by atoms with E-state index >= 15 is 0 Å². The Kier molecular flexibility index (Phi) is 7.14. The maximum atomic E-state index is 12.6. The number of amides is 1. The molecule has 0 bridgehead atoms. The Labute approximate surface area is 197 Å². The molecule has 0 aliphatic rings. The van der Waals surface area contributed by atoms with Crippen LogP contribution in [0.5, 0.6) is 5.75 Å². The first-order valence-corrected chi connectivity index (χ1v) is 11.7. The van der Waals surface area contributed by atoms with Crippen LogP contribution in [0.15, 0.2) is 54.7 Å². The summed E-state index contributed by atoms with van der Waals surface area (Å²) in [6, 6.07) is 16.0. The molecule has 7 nitrogen and oxygen atoms in total. The molecule has 0 saturated carbocycles. The van der Waals surface area contributed by atoms with Crippen molar-refractivity contribution in [3.05, 3.63) is 87.9 Å². The molecule has 0 radical (unpaired) electrons. The van der Waals surface area contributed by atoms with Gasteiger partial charge in [0.25, 0.3) is 0 Å². The first-order chi connectivity index (χ1) is 15.9. The number of ether oxygens (including phenoxy) is 1. The van der Waals surface area contributed by atoms with Crippen LogP contribution in [-0.2, 0) is 24.2 Å². The van der Waals surface area contributed by atoms with E-state index < -0.39 is 0 Å². The van der Waals surface area contributed by atoms with Crippen molar-refractivity contribution < 1.29 is 9.53 Å². The Morgan fingerprint density at radius 1 is 1.09 bits per heavy atom. The van der Waals surface area contributed by atoms with Gasteiger partial charge in [0.15, 0.2) is 5.13 Å². The van der Waals surface area contributed by atoms with Gasteiger partial charge < -0.3 is 10.1 Å². The van der Waals surface area contributed by atoms with Gasteiger partial charge in [-0.05, 0) is 32.4 Å². The molecule has 0 aliphatic carbocycles. The molecule has 0 unspecified atom stereocenters. The molecule has 8 heteroatoms. The Bertz CT molecular complexity index is 1230. The smallest absolute Gasteiger partial charge is 0.232 e. The van der Waals surface area contributed by atoms with Gasteiger partial charge in [-0.15, -0.1) is 11.3 Å². The van der Waals surface area contributed by atoms with Crippen molar-refractivity contribution in [2.75, 3.05) is 11.9 Å². The summed E-state index contributed by atoms with van der Waals surface area (Å²) < 4.78 is 7.97. The number of nitrogens with zero attached hydrogens (tertiary/aromatic N) is 4. The van der Waals surface area contributed by atoms with Crippen LogP contribution < -0.4 is 10.1 Å². The highest BCUT2D eigenvalue weighted by Crippen LogP contribution is 2.19. The molecule has 0 atom stereocenters. The number of aromatic nitrogens is 4. The van der Waals surface area contributed by atoms with Gasteiger partial charge in [0.1, 0.15) is 5.75 Å². The molecule has 0 fully saturated rings. The molecule has 0 aliphatic heterocycles. The highest BCUT2D eigenvalue weighted by atomic mass is 32.1. The SMILES string of the molecule is Cc1cc(C)n(Cc2cc(OCCc3ccccc3)cc(CC(=O)Nc3ncc(C)s3)n2)n1. The van der Waals surface area contributed by atoms with Crippen molar-refractivity contribution in [1.82, 2.24) is 19.7 Å². The van der Waals surface area contributed by atoms with Crippen molar-refractivity contribution in [2.45, 2.75) is 40.2 Å². The zero-order chi connectivity index (χ0) is 23.2. The van der Waals surface area contributed by atoms with Crippen molar-refractivity contribution in [3.63, 3.8) is 0 Å². The van der Waals surface area contributed by atoms with E-state index in [1.807, 2.05) is 61.9 Å². The summed E-state index contributed by atoms with van der Waals surface area (Å²) in [4.78, 5) is 22.5. The lowest BCUT2D eigenvalue weighted by molar-refractivity contribution is -0.115. The first-order valence-electron chi connectivity index (χ1n) is 10.8. The van der Waals surface area contributed by atoms with Crippen LogP contribution in [0.3, 0.4) is 0 Å². The number of hydrogen-bond acceptors (Lipinski definition) is 6. The van der Waals surface area contributed by atoms with Gasteiger partial charge in [0.05, 0.1) is 36.7 Å². The molecule has 3 heterocycles. The summed E-state index contributed by atoms with van der Waals surface area (Å²) >= 11 is 1.45. The summed E-state index contributed by atoms with van der Waals surface area (Å²) in [5.41, 5.74) is 4.68. The maximum Gasteiger partial charge on any atom is 0.232 e. The van der Waals surface area contributed by atoms with E-state index in [1.165, 1.54) is 16.9 Å². The minimum Gasteiger partial charge on any atom is -0.493 e. The minimum atomic E-state index is -0.157. The number of hydrogen-bond donors (Lipinski definition) is 1. The van der Waals surface area contributed by atoms with Crippen LogP contribution in [-0.4, -0.2) is 32.3 Å². The van der Waals surface area contributed by atoms with E-state index in [1.54, 1.807) is 6.20 Å². The van der Waals surface area contributed by atoms with Crippen LogP contribution >= 0.6 is 11.3 Å². The van der Waals surface area contributed by atoms with Crippen LogP contribution in [0.25, 0.3) is 0 Å². The summed E-state index contributed by atoms with van der Waals surface area (Å²) in [5.74, 6) is 0.542. The normalized spacial score (nSPS) is 10.9. The molecule has 3 aromatic heterocycles. The van der Waals surface area contributed by atoms with Gasteiger partial charge in [-0.1, -0.05) is 30.3 Å². The lowest BCUT2D eigenvalue weighted by atomic mass is 10.2. The molecule has 1 N–H and O–H groups in total. The topological polar surface area (TPSA) is 81.9 Å². The fourth-order valence-corrected chi connectivity index (χ4v) is 4.21. The molecule has 33 heavy (non-hydrogen) atoms. The zero-order valence-corrected chi connectivity index (χ0v) is 19.9. The third-order valence-electron chi connectivity index (χ3n) is 5.03. The quantitative estimate of drug-likeness (QED) is 0.397. The molecule has 4 aromatic rings. The van der Waals surface area contributed by atoms with E-state index in [2.05, 4.69) is 27.5 Å². The standard InChI is InChI=1S/C25H27N5O2S/c1-17-11-18(2)30(29-17)16-22-13-23(32-10-9-20-7-5-4-6-8-20)12-21(27-22)14-24(31)28-25-26-15-19(3)33-25/h4-8,11-13,15H,9-10,14,16H2,1-3H3,(H,26,28,31).